The molecule has 3 heterocycles. The van der Waals surface area contributed by atoms with E-state index < -0.39 is 5.60 Å². The van der Waals surface area contributed by atoms with Crippen LogP contribution in [-0.2, 0) is 4.74 Å². The maximum absolute atomic E-state index is 12.1. The Bertz CT molecular complexity index is 716. The van der Waals surface area contributed by atoms with E-state index in [9.17, 15) is 4.79 Å². The summed E-state index contributed by atoms with van der Waals surface area (Å²) in [5, 5.41) is 0.552. The van der Waals surface area contributed by atoms with Crippen molar-refractivity contribution in [1.29, 1.82) is 0 Å². The predicted molar refractivity (Wildman–Crippen MR) is 88.0 cm³/mol. The molecule has 8 heteroatoms. The highest BCUT2D eigenvalue weighted by atomic mass is 35.5. The largest absolute Gasteiger partial charge is 0.444 e. The summed E-state index contributed by atoms with van der Waals surface area (Å²) in [6.07, 6.45) is 4.83. The number of aromatic nitrogens is 3. The van der Waals surface area contributed by atoms with Crippen molar-refractivity contribution in [3.63, 3.8) is 0 Å². The van der Waals surface area contributed by atoms with Gasteiger partial charge in [-0.05, 0) is 20.8 Å². The monoisotopic (exact) mass is 337 g/mol. The summed E-state index contributed by atoms with van der Waals surface area (Å²) >= 11 is 6.09. The number of imidazole rings is 1. The molecule has 1 fully saturated rings. The highest BCUT2D eigenvalue weighted by Gasteiger charge is 2.27. The zero-order valence-corrected chi connectivity index (χ0v) is 14.2. The number of fused-ring (bicyclic) bond motifs is 1. The zero-order chi connectivity index (χ0) is 16.6. The number of halogens is 1. The van der Waals surface area contributed by atoms with E-state index in [1.165, 1.54) is 0 Å². The fourth-order valence-corrected chi connectivity index (χ4v) is 2.71. The summed E-state index contributed by atoms with van der Waals surface area (Å²) in [6.45, 7) is 8.14. The average molecular weight is 338 g/mol. The Morgan fingerprint density at radius 1 is 1.22 bits per heavy atom. The van der Waals surface area contributed by atoms with Gasteiger partial charge in [-0.3, -0.25) is 4.40 Å². The summed E-state index contributed by atoms with van der Waals surface area (Å²) < 4.78 is 7.21. The van der Waals surface area contributed by atoms with Gasteiger partial charge in [0.25, 0.3) is 0 Å². The second kappa shape index (κ2) is 5.88. The number of rotatable bonds is 1. The van der Waals surface area contributed by atoms with Crippen molar-refractivity contribution in [2.24, 2.45) is 0 Å². The van der Waals surface area contributed by atoms with Gasteiger partial charge >= 0.3 is 6.09 Å². The molecule has 1 amide bonds. The number of ether oxygens (including phenoxy) is 1. The summed E-state index contributed by atoms with van der Waals surface area (Å²) in [5.74, 6) is 0.781. The quantitative estimate of drug-likeness (QED) is 0.799. The topological polar surface area (TPSA) is 63.0 Å². The van der Waals surface area contributed by atoms with E-state index in [-0.39, 0.29) is 6.09 Å². The van der Waals surface area contributed by atoms with E-state index in [4.69, 9.17) is 16.3 Å². The lowest BCUT2D eigenvalue weighted by atomic mass is 10.2. The van der Waals surface area contributed by atoms with Crippen LogP contribution in [0.5, 0.6) is 0 Å². The van der Waals surface area contributed by atoms with E-state index in [2.05, 4.69) is 14.9 Å². The van der Waals surface area contributed by atoms with Gasteiger partial charge in [-0.2, -0.15) is 0 Å². The molecule has 2 aromatic rings. The molecular weight excluding hydrogens is 318 g/mol. The average Bonchev–Trinajstić information content (AvgIpc) is 2.87. The molecule has 0 radical (unpaired) electrons. The second-order valence-corrected chi connectivity index (χ2v) is 6.87. The van der Waals surface area contributed by atoms with E-state index in [0.717, 1.165) is 11.5 Å². The molecule has 0 saturated carbocycles. The predicted octanol–water partition coefficient (Wildman–Crippen LogP) is 2.44. The standard InChI is InChI=1S/C15H20ClN5O2/c1-15(2,3)23-14(22)20-8-6-19(7-9-20)12-13-18-10-11(16)21(13)5-4-17-12/h4-5,10H,6-9H2,1-3H3. The van der Waals surface area contributed by atoms with Crippen LogP contribution in [0.3, 0.4) is 0 Å². The maximum Gasteiger partial charge on any atom is 0.410 e. The molecule has 124 valence electrons. The molecule has 0 atom stereocenters. The van der Waals surface area contributed by atoms with E-state index in [0.29, 0.717) is 31.3 Å². The van der Waals surface area contributed by atoms with Gasteiger partial charge in [0.15, 0.2) is 11.5 Å². The molecule has 0 aromatic carbocycles. The molecule has 2 aromatic heterocycles. The van der Waals surface area contributed by atoms with Gasteiger partial charge in [0.2, 0.25) is 0 Å². The van der Waals surface area contributed by atoms with Crippen LogP contribution < -0.4 is 4.90 Å². The van der Waals surface area contributed by atoms with Crippen LogP contribution in [0.25, 0.3) is 5.65 Å². The van der Waals surface area contributed by atoms with Crippen molar-refractivity contribution in [2.75, 3.05) is 31.1 Å². The van der Waals surface area contributed by atoms with Gasteiger partial charge in [0, 0.05) is 38.6 Å². The van der Waals surface area contributed by atoms with Gasteiger partial charge in [-0.1, -0.05) is 11.6 Å². The molecule has 1 aliphatic rings. The van der Waals surface area contributed by atoms with Crippen LogP contribution in [0.1, 0.15) is 20.8 Å². The molecule has 0 spiro atoms. The fraction of sp³-hybridized carbons (Fsp3) is 0.533. The Kier molecular flexibility index (Phi) is 4.06. The van der Waals surface area contributed by atoms with Crippen LogP contribution in [0.4, 0.5) is 10.6 Å². The van der Waals surface area contributed by atoms with Crippen molar-refractivity contribution in [1.82, 2.24) is 19.3 Å². The second-order valence-electron chi connectivity index (χ2n) is 6.48. The first-order valence-corrected chi connectivity index (χ1v) is 7.93. The molecule has 7 nitrogen and oxygen atoms in total. The first-order valence-electron chi connectivity index (χ1n) is 7.55. The number of hydrogen-bond acceptors (Lipinski definition) is 5. The molecule has 0 bridgehead atoms. The molecule has 0 unspecified atom stereocenters. The number of carbonyl (C=O) groups excluding carboxylic acids is 1. The molecule has 0 aliphatic carbocycles. The molecule has 1 aliphatic heterocycles. The maximum atomic E-state index is 12.1. The number of carbonyl (C=O) groups is 1. The first kappa shape index (κ1) is 15.9. The Hall–Kier alpha value is -2.02. The lowest BCUT2D eigenvalue weighted by Crippen LogP contribution is -2.50. The van der Waals surface area contributed by atoms with Crippen molar-refractivity contribution in [3.05, 3.63) is 23.7 Å². The smallest absolute Gasteiger partial charge is 0.410 e. The summed E-state index contributed by atoms with van der Waals surface area (Å²) in [5.41, 5.74) is 0.247. The van der Waals surface area contributed by atoms with Crippen LogP contribution in [0.2, 0.25) is 5.15 Å². The SMILES string of the molecule is CC(C)(C)OC(=O)N1CCN(c2nccn3c(Cl)cnc23)CC1. The van der Waals surface area contributed by atoms with Gasteiger partial charge in [0.05, 0.1) is 6.20 Å². The van der Waals surface area contributed by atoms with Crippen molar-refractivity contribution < 1.29 is 9.53 Å². The number of anilines is 1. The van der Waals surface area contributed by atoms with E-state index >= 15 is 0 Å². The van der Waals surface area contributed by atoms with Crippen LogP contribution in [0.15, 0.2) is 18.6 Å². The highest BCUT2D eigenvalue weighted by molar-refractivity contribution is 6.29. The minimum atomic E-state index is -0.478. The molecule has 1 saturated heterocycles. The van der Waals surface area contributed by atoms with E-state index in [1.807, 2.05) is 20.8 Å². The van der Waals surface area contributed by atoms with Gasteiger partial charge < -0.3 is 14.5 Å². The van der Waals surface area contributed by atoms with Gasteiger partial charge in [-0.15, -0.1) is 0 Å². The molecular formula is C15H20ClN5O2. The number of hydrogen-bond donors (Lipinski definition) is 0. The minimum Gasteiger partial charge on any atom is -0.444 e. The summed E-state index contributed by atoms with van der Waals surface area (Å²) in [6, 6.07) is 0. The minimum absolute atomic E-state index is 0.271. The van der Waals surface area contributed by atoms with Crippen LogP contribution in [0, 0.1) is 0 Å². The third kappa shape index (κ3) is 3.34. The Labute approximate surface area is 139 Å². The summed E-state index contributed by atoms with van der Waals surface area (Å²) in [4.78, 5) is 24.7. The number of piperazine rings is 1. The highest BCUT2D eigenvalue weighted by Crippen LogP contribution is 2.22. The normalized spacial score (nSPS) is 16.0. The van der Waals surface area contributed by atoms with Crippen molar-refractivity contribution in [2.45, 2.75) is 26.4 Å². The molecule has 23 heavy (non-hydrogen) atoms. The first-order chi connectivity index (χ1) is 10.8. The van der Waals surface area contributed by atoms with Crippen LogP contribution >= 0.6 is 11.6 Å². The van der Waals surface area contributed by atoms with Crippen molar-refractivity contribution >= 4 is 29.2 Å². The van der Waals surface area contributed by atoms with Crippen LogP contribution in [-0.4, -0.2) is 57.1 Å². The lowest BCUT2D eigenvalue weighted by Gasteiger charge is -2.36. The van der Waals surface area contributed by atoms with Crippen molar-refractivity contribution in [3.8, 4) is 0 Å². The third-order valence-corrected chi connectivity index (χ3v) is 3.87. The zero-order valence-electron chi connectivity index (χ0n) is 13.5. The fourth-order valence-electron chi connectivity index (χ4n) is 2.53. The van der Waals surface area contributed by atoms with E-state index in [1.54, 1.807) is 27.9 Å². The number of amides is 1. The molecule has 3 rings (SSSR count). The van der Waals surface area contributed by atoms with Gasteiger partial charge in [0.1, 0.15) is 10.8 Å². The Balaban J connectivity index is 1.70. The Morgan fingerprint density at radius 2 is 1.91 bits per heavy atom. The molecule has 0 N–H and O–H groups in total. The summed E-state index contributed by atoms with van der Waals surface area (Å²) in [7, 11) is 0. The lowest BCUT2D eigenvalue weighted by molar-refractivity contribution is 0.0240. The third-order valence-electron chi connectivity index (χ3n) is 3.60. The Morgan fingerprint density at radius 3 is 2.57 bits per heavy atom. The number of nitrogens with zero attached hydrogens (tertiary/aromatic N) is 5. The van der Waals surface area contributed by atoms with Gasteiger partial charge in [-0.25, -0.2) is 14.8 Å².